The molecule has 0 aliphatic carbocycles. The number of aromatic nitrogens is 1. The number of hydrogen-bond acceptors (Lipinski definition) is 4. The third kappa shape index (κ3) is 2.82. The van der Waals surface area contributed by atoms with Crippen molar-refractivity contribution in [2.45, 2.75) is 48.8 Å². The normalized spacial score (nSPS) is 20.5. The van der Waals surface area contributed by atoms with Crippen LogP contribution in [-0.4, -0.2) is 32.4 Å². The molecular weight excluding hydrogens is 350 g/mol. The van der Waals surface area contributed by atoms with Crippen LogP contribution >= 0.6 is 0 Å². The summed E-state index contributed by atoms with van der Waals surface area (Å²) in [7, 11) is 0.0336. The molecule has 1 aromatic carbocycles. The van der Waals surface area contributed by atoms with E-state index in [1.807, 2.05) is 37.6 Å². The lowest BCUT2D eigenvalue weighted by molar-refractivity contribution is -0.145. The van der Waals surface area contributed by atoms with Crippen LogP contribution in [0.3, 0.4) is 0 Å². The van der Waals surface area contributed by atoms with E-state index in [1.54, 1.807) is 30.3 Å². The van der Waals surface area contributed by atoms with Gasteiger partial charge in [-0.05, 0) is 51.5 Å². The summed E-state index contributed by atoms with van der Waals surface area (Å²) in [5, 5.41) is 0. The van der Waals surface area contributed by atoms with Gasteiger partial charge in [-0.3, -0.25) is 13.8 Å². The van der Waals surface area contributed by atoms with Gasteiger partial charge in [-0.15, -0.1) is 0 Å². The standard InChI is InChI=1S/C20H23NO4S/c1-19(2,3)26(24)15-8-5-7-14(13-15)17(22)20(18(23)25-4)10-12-21-11-6-9-16(20)21/h5-9,11,13H,10,12H2,1-4H3. The van der Waals surface area contributed by atoms with Crippen molar-refractivity contribution in [3.8, 4) is 0 Å². The predicted octanol–water partition coefficient (Wildman–Crippen LogP) is 3.09. The molecule has 0 spiro atoms. The number of benzene rings is 1. The summed E-state index contributed by atoms with van der Waals surface area (Å²) < 4.78 is 19.2. The van der Waals surface area contributed by atoms with E-state index in [4.69, 9.17) is 4.74 Å². The zero-order chi connectivity index (χ0) is 19.1. The van der Waals surface area contributed by atoms with Gasteiger partial charge in [-0.1, -0.05) is 12.1 Å². The van der Waals surface area contributed by atoms with E-state index in [-0.39, 0.29) is 5.78 Å². The van der Waals surface area contributed by atoms with Gasteiger partial charge in [0.2, 0.25) is 0 Å². The number of rotatable bonds is 4. The molecule has 3 rings (SSSR count). The lowest BCUT2D eigenvalue weighted by Gasteiger charge is -2.25. The SMILES string of the molecule is COC(=O)C1(C(=O)c2cccc(S(=O)C(C)(C)C)c2)CCn2cccc21. The Kier molecular flexibility index (Phi) is 4.65. The number of carbonyl (C=O) groups excluding carboxylic acids is 2. The Morgan fingerprint density at radius 2 is 1.92 bits per heavy atom. The van der Waals surface area contributed by atoms with Crippen molar-refractivity contribution in [1.82, 2.24) is 4.57 Å². The predicted molar refractivity (Wildman–Crippen MR) is 99.7 cm³/mol. The van der Waals surface area contributed by atoms with Crippen molar-refractivity contribution in [2.75, 3.05) is 7.11 Å². The van der Waals surface area contributed by atoms with E-state index >= 15 is 0 Å². The first-order valence-electron chi connectivity index (χ1n) is 8.52. The van der Waals surface area contributed by atoms with E-state index in [0.717, 1.165) is 0 Å². The number of esters is 1. The molecule has 2 aromatic rings. The highest BCUT2D eigenvalue weighted by Gasteiger charge is 2.53. The van der Waals surface area contributed by atoms with Crippen molar-refractivity contribution < 1.29 is 18.5 Å². The number of Topliss-reactive ketones (excluding diaryl/α,β-unsaturated/α-hetero) is 1. The smallest absolute Gasteiger partial charge is 0.325 e. The highest BCUT2D eigenvalue weighted by atomic mass is 32.2. The van der Waals surface area contributed by atoms with Crippen LogP contribution in [0.5, 0.6) is 0 Å². The molecular formula is C20H23NO4S. The van der Waals surface area contributed by atoms with Gasteiger partial charge < -0.3 is 9.30 Å². The van der Waals surface area contributed by atoms with Crippen LogP contribution in [0.25, 0.3) is 0 Å². The summed E-state index contributed by atoms with van der Waals surface area (Å²) in [6.45, 7) is 6.24. The third-order valence-corrected chi connectivity index (χ3v) is 6.58. The first kappa shape index (κ1) is 18.6. The van der Waals surface area contributed by atoms with Crippen molar-refractivity contribution >= 4 is 22.6 Å². The Bertz CT molecular complexity index is 893. The van der Waals surface area contributed by atoms with Crippen LogP contribution in [-0.2, 0) is 32.3 Å². The van der Waals surface area contributed by atoms with Gasteiger partial charge in [0.05, 0.1) is 17.9 Å². The number of hydrogen-bond donors (Lipinski definition) is 0. The maximum atomic E-state index is 13.4. The molecule has 1 aromatic heterocycles. The molecule has 0 saturated carbocycles. The summed E-state index contributed by atoms with van der Waals surface area (Å²) in [5.41, 5.74) is -0.322. The van der Waals surface area contributed by atoms with Crippen LogP contribution in [0.4, 0.5) is 0 Å². The number of nitrogens with zero attached hydrogens (tertiary/aromatic N) is 1. The van der Waals surface area contributed by atoms with Crippen molar-refractivity contribution in [3.63, 3.8) is 0 Å². The van der Waals surface area contributed by atoms with Crippen LogP contribution in [0, 0.1) is 0 Å². The second-order valence-electron chi connectivity index (χ2n) is 7.47. The summed E-state index contributed by atoms with van der Waals surface area (Å²) >= 11 is 0. The van der Waals surface area contributed by atoms with Gasteiger partial charge in [-0.2, -0.15) is 0 Å². The summed E-state index contributed by atoms with van der Waals surface area (Å²) in [6.07, 6.45) is 2.22. The van der Waals surface area contributed by atoms with E-state index in [9.17, 15) is 13.8 Å². The summed E-state index contributed by atoms with van der Waals surface area (Å²) in [6, 6.07) is 10.4. The second-order valence-corrected chi connectivity index (χ2v) is 9.71. The van der Waals surface area contributed by atoms with E-state index in [1.165, 1.54) is 7.11 Å². The Hall–Kier alpha value is -2.21. The number of fused-ring (bicyclic) bond motifs is 1. The molecule has 2 unspecified atom stereocenters. The van der Waals surface area contributed by atoms with Gasteiger partial charge in [0.15, 0.2) is 11.2 Å². The minimum atomic E-state index is -1.35. The molecule has 0 fully saturated rings. The molecule has 26 heavy (non-hydrogen) atoms. The minimum absolute atomic E-state index is 0.311. The molecule has 1 aliphatic rings. The van der Waals surface area contributed by atoms with E-state index < -0.39 is 26.9 Å². The molecule has 0 N–H and O–H groups in total. The Morgan fingerprint density at radius 1 is 1.19 bits per heavy atom. The number of ketones is 1. The molecule has 2 heterocycles. The maximum Gasteiger partial charge on any atom is 0.325 e. The van der Waals surface area contributed by atoms with Gasteiger partial charge in [0.25, 0.3) is 0 Å². The molecule has 0 radical (unpaired) electrons. The fourth-order valence-corrected chi connectivity index (χ4v) is 4.61. The Morgan fingerprint density at radius 3 is 2.58 bits per heavy atom. The van der Waals surface area contributed by atoms with E-state index in [2.05, 4.69) is 0 Å². The fraction of sp³-hybridized carbons (Fsp3) is 0.400. The molecule has 6 heteroatoms. The van der Waals surface area contributed by atoms with Crippen molar-refractivity contribution in [1.29, 1.82) is 0 Å². The summed E-state index contributed by atoms with van der Waals surface area (Å²) in [4.78, 5) is 26.7. The van der Waals surface area contributed by atoms with E-state index in [0.29, 0.717) is 29.1 Å². The third-order valence-electron chi connectivity index (χ3n) is 4.78. The molecule has 0 bridgehead atoms. The van der Waals surface area contributed by atoms with Crippen molar-refractivity contribution in [3.05, 3.63) is 53.9 Å². The van der Waals surface area contributed by atoms with Gasteiger partial charge in [-0.25, -0.2) is 0 Å². The average molecular weight is 373 g/mol. The molecule has 5 nitrogen and oxygen atoms in total. The van der Waals surface area contributed by atoms with Crippen LogP contribution in [0.1, 0.15) is 43.2 Å². The first-order chi connectivity index (χ1) is 12.2. The Balaban J connectivity index is 2.08. The largest absolute Gasteiger partial charge is 0.468 e. The first-order valence-corrected chi connectivity index (χ1v) is 9.67. The van der Waals surface area contributed by atoms with Gasteiger partial charge >= 0.3 is 5.97 Å². The second kappa shape index (κ2) is 6.50. The Labute approximate surface area is 155 Å². The lowest BCUT2D eigenvalue weighted by atomic mass is 9.76. The average Bonchev–Trinajstić information content (AvgIpc) is 3.22. The molecule has 2 atom stereocenters. The number of aryl methyl sites for hydroxylation is 1. The minimum Gasteiger partial charge on any atom is -0.468 e. The lowest BCUT2D eigenvalue weighted by Crippen LogP contribution is -2.43. The monoisotopic (exact) mass is 373 g/mol. The zero-order valence-corrected chi connectivity index (χ0v) is 16.3. The van der Waals surface area contributed by atoms with Gasteiger partial charge in [0.1, 0.15) is 0 Å². The summed E-state index contributed by atoms with van der Waals surface area (Å²) in [5.74, 6) is -0.864. The number of methoxy groups -OCH3 is 1. The highest BCUT2D eigenvalue weighted by Crippen LogP contribution is 2.39. The molecule has 1 aliphatic heterocycles. The quantitative estimate of drug-likeness (QED) is 0.469. The van der Waals surface area contributed by atoms with Crippen LogP contribution in [0.15, 0.2) is 47.5 Å². The zero-order valence-electron chi connectivity index (χ0n) is 15.4. The topological polar surface area (TPSA) is 65.4 Å². The van der Waals surface area contributed by atoms with Gasteiger partial charge in [0, 0.05) is 33.6 Å². The number of ether oxygens (including phenoxy) is 1. The van der Waals surface area contributed by atoms with Crippen LogP contribution < -0.4 is 0 Å². The van der Waals surface area contributed by atoms with Crippen LogP contribution in [0.2, 0.25) is 0 Å². The number of carbonyl (C=O) groups is 2. The fourth-order valence-electron chi connectivity index (χ4n) is 3.47. The molecule has 0 amide bonds. The molecule has 138 valence electrons. The van der Waals surface area contributed by atoms with Crippen molar-refractivity contribution in [2.24, 2.45) is 0 Å². The maximum absolute atomic E-state index is 13.4. The molecule has 0 saturated heterocycles. The highest BCUT2D eigenvalue weighted by molar-refractivity contribution is 7.86.